The van der Waals surface area contributed by atoms with Crippen LogP contribution in [0.5, 0.6) is 0 Å². The summed E-state index contributed by atoms with van der Waals surface area (Å²) in [6.45, 7) is 2.55. The van der Waals surface area contributed by atoms with Crippen molar-refractivity contribution in [2.75, 3.05) is 12.0 Å². The maximum atomic E-state index is 12.7. The Morgan fingerprint density at radius 3 is 1.87 bits per heavy atom. The third kappa shape index (κ3) is 10.4. The van der Waals surface area contributed by atoms with Crippen molar-refractivity contribution in [2.45, 2.75) is 63.4 Å². The lowest BCUT2D eigenvalue weighted by Crippen LogP contribution is -2.58. The number of amides is 3. The summed E-state index contributed by atoms with van der Waals surface area (Å²) >= 11 is 1.40. The molecule has 0 saturated carbocycles. The van der Waals surface area contributed by atoms with Gasteiger partial charge in [-0.2, -0.15) is 11.8 Å². The zero-order valence-corrected chi connectivity index (χ0v) is 17.9. The summed E-state index contributed by atoms with van der Waals surface area (Å²) in [5, 5.41) is 34.2. The quantitative estimate of drug-likeness (QED) is 0.153. The van der Waals surface area contributed by atoms with Crippen LogP contribution in [0.2, 0.25) is 0 Å². The molecule has 13 heteroatoms. The second-order valence-electron chi connectivity index (χ2n) is 6.67. The maximum Gasteiger partial charge on any atom is 0.325 e. The number of nitrogens with one attached hydrogen (secondary N) is 3. The lowest BCUT2D eigenvalue weighted by molar-refractivity contribution is -0.141. The summed E-state index contributed by atoms with van der Waals surface area (Å²) < 4.78 is 0. The molecular formula is C17H30N4O8S. The van der Waals surface area contributed by atoms with Crippen LogP contribution in [-0.4, -0.2) is 87.3 Å². The predicted octanol–water partition coefficient (Wildman–Crippen LogP) is -2.13. The van der Waals surface area contributed by atoms with Crippen molar-refractivity contribution >= 4 is 41.4 Å². The van der Waals surface area contributed by atoms with E-state index in [4.69, 9.17) is 15.9 Å². The molecule has 0 aliphatic carbocycles. The van der Waals surface area contributed by atoms with Crippen molar-refractivity contribution in [1.29, 1.82) is 0 Å². The van der Waals surface area contributed by atoms with E-state index in [1.165, 1.54) is 25.6 Å². The average molecular weight is 451 g/mol. The van der Waals surface area contributed by atoms with Crippen LogP contribution in [0.3, 0.4) is 0 Å². The van der Waals surface area contributed by atoms with E-state index < -0.39 is 66.4 Å². The molecule has 0 aromatic rings. The van der Waals surface area contributed by atoms with E-state index in [2.05, 4.69) is 16.0 Å². The Morgan fingerprint density at radius 1 is 0.900 bits per heavy atom. The highest BCUT2D eigenvalue weighted by atomic mass is 32.2. The first kappa shape index (κ1) is 27.6. The highest BCUT2D eigenvalue weighted by molar-refractivity contribution is 7.98. The maximum absolute atomic E-state index is 12.7. The Hall–Kier alpha value is -2.38. The van der Waals surface area contributed by atoms with Crippen LogP contribution >= 0.6 is 11.8 Å². The number of nitrogens with two attached hydrogens (primary N) is 1. The van der Waals surface area contributed by atoms with E-state index in [0.29, 0.717) is 5.75 Å². The number of carboxylic acids is 2. The molecule has 5 unspecified atom stereocenters. The van der Waals surface area contributed by atoms with E-state index in [9.17, 15) is 29.1 Å². The number of carboxylic acid groups (broad SMARTS) is 2. The molecule has 8 N–H and O–H groups in total. The molecule has 0 rings (SSSR count). The molecule has 0 aromatic carbocycles. The smallest absolute Gasteiger partial charge is 0.325 e. The molecule has 0 heterocycles. The van der Waals surface area contributed by atoms with Crippen LogP contribution in [0.4, 0.5) is 0 Å². The average Bonchev–Trinajstić information content (AvgIpc) is 2.66. The number of carbonyl (C=O) groups is 5. The fourth-order valence-corrected chi connectivity index (χ4v) is 2.65. The highest BCUT2D eigenvalue weighted by Crippen LogP contribution is 2.05. The van der Waals surface area contributed by atoms with Crippen LogP contribution in [-0.2, 0) is 24.0 Å². The van der Waals surface area contributed by atoms with Crippen molar-refractivity contribution < 1.29 is 39.3 Å². The molecule has 0 fully saturated rings. The van der Waals surface area contributed by atoms with Gasteiger partial charge in [-0.05, 0) is 38.7 Å². The van der Waals surface area contributed by atoms with Gasteiger partial charge in [0.1, 0.15) is 24.2 Å². The number of aliphatic hydroxyl groups is 1. The molecule has 172 valence electrons. The Kier molecular flexibility index (Phi) is 12.7. The minimum atomic E-state index is -1.34. The molecule has 0 aliphatic heterocycles. The van der Waals surface area contributed by atoms with Gasteiger partial charge in [-0.1, -0.05) is 0 Å². The molecule has 3 amide bonds. The van der Waals surface area contributed by atoms with E-state index in [1.807, 2.05) is 0 Å². The summed E-state index contributed by atoms with van der Waals surface area (Å²) in [6, 6.07) is -4.93. The van der Waals surface area contributed by atoms with Gasteiger partial charge in [0.05, 0.1) is 6.10 Å². The standard InChI is InChI=1S/C17H30N4O8S/c1-8(17(28)29)19-14(25)11(6-7-30-3)20-15(26)10(4-5-12(23)24)21-16(27)13(18)9(2)22/h8-11,13,22H,4-7,18H2,1-3H3,(H,19,25)(H,20,26)(H,21,27)(H,23,24)(H,28,29). The monoisotopic (exact) mass is 450 g/mol. The van der Waals surface area contributed by atoms with Crippen LogP contribution in [0.25, 0.3) is 0 Å². The SMILES string of the molecule is CSCCC(NC(=O)C(CCC(=O)O)NC(=O)C(N)C(C)O)C(=O)NC(C)C(=O)O. The van der Waals surface area contributed by atoms with Crippen LogP contribution < -0.4 is 21.7 Å². The lowest BCUT2D eigenvalue weighted by Gasteiger charge is -2.25. The van der Waals surface area contributed by atoms with Gasteiger partial charge in [0.2, 0.25) is 17.7 Å². The van der Waals surface area contributed by atoms with Crippen molar-refractivity contribution in [3.05, 3.63) is 0 Å². The third-order valence-corrected chi connectivity index (χ3v) is 4.72. The molecule has 0 bridgehead atoms. The topological polar surface area (TPSA) is 208 Å². The van der Waals surface area contributed by atoms with Crippen LogP contribution in [0.1, 0.15) is 33.1 Å². The predicted molar refractivity (Wildman–Crippen MR) is 109 cm³/mol. The van der Waals surface area contributed by atoms with Gasteiger partial charge < -0.3 is 37.0 Å². The number of hydrogen-bond acceptors (Lipinski definition) is 8. The first-order valence-electron chi connectivity index (χ1n) is 9.19. The summed E-state index contributed by atoms with van der Waals surface area (Å²) in [4.78, 5) is 58.9. The molecule has 30 heavy (non-hydrogen) atoms. The second-order valence-corrected chi connectivity index (χ2v) is 7.66. The molecule has 0 aromatic heterocycles. The van der Waals surface area contributed by atoms with Gasteiger partial charge in [-0.15, -0.1) is 0 Å². The Labute approximate surface area is 178 Å². The van der Waals surface area contributed by atoms with Crippen molar-refractivity contribution in [2.24, 2.45) is 5.73 Å². The van der Waals surface area contributed by atoms with E-state index in [-0.39, 0.29) is 12.8 Å². The number of aliphatic hydroxyl groups excluding tert-OH is 1. The fourth-order valence-electron chi connectivity index (χ4n) is 2.18. The molecule has 0 saturated heterocycles. The van der Waals surface area contributed by atoms with E-state index in [1.54, 1.807) is 6.26 Å². The minimum absolute atomic E-state index is 0.178. The van der Waals surface area contributed by atoms with Gasteiger partial charge in [-0.25, -0.2) is 0 Å². The van der Waals surface area contributed by atoms with Gasteiger partial charge in [0.15, 0.2) is 0 Å². The zero-order chi connectivity index (χ0) is 23.4. The molecule has 0 spiro atoms. The number of carbonyl (C=O) groups excluding carboxylic acids is 3. The van der Waals surface area contributed by atoms with E-state index >= 15 is 0 Å². The minimum Gasteiger partial charge on any atom is -0.481 e. The second kappa shape index (κ2) is 13.8. The Bertz CT molecular complexity index is 631. The first-order valence-corrected chi connectivity index (χ1v) is 10.6. The highest BCUT2D eigenvalue weighted by Gasteiger charge is 2.30. The van der Waals surface area contributed by atoms with E-state index in [0.717, 1.165) is 0 Å². The van der Waals surface area contributed by atoms with Crippen LogP contribution in [0, 0.1) is 0 Å². The summed E-state index contributed by atoms with van der Waals surface area (Å²) in [6.07, 6.45) is 0.0368. The normalized spacial score (nSPS) is 15.8. The summed E-state index contributed by atoms with van der Waals surface area (Å²) in [5.74, 6) is -4.40. The van der Waals surface area contributed by atoms with Crippen LogP contribution in [0.15, 0.2) is 0 Å². The van der Waals surface area contributed by atoms with Crippen molar-refractivity contribution in [3.8, 4) is 0 Å². The molecule has 5 atom stereocenters. The van der Waals surface area contributed by atoms with Gasteiger partial charge in [0.25, 0.3) is 0 Å². The zero-order valence-electron chi connectivity index (χ0n) is 17.1. The largest absolute Gasteiger partial charge is 0.481 e. The van der Waals surface area contributed by atoms with Crippen molar-refractivity contribution in [1.82, 2.24) is 16.0 Å². The Morgan fingerprint density at radius 2 is 1.40 bits per heavy atom. The van der Waals surface area contributed by atoms with Crippen molar-refractivity contribution in [3.63, 3.8) is 0 Å². The molecule has 12 nitrogen and oxygen atoms in total. The number of thioether (sulfide) groups is 1. The molecule has 0 radical (unpaired) electrons. The molecular weight excluding hydrogens is 420 g/mol. The third-order valence-electron chi connectivity index (χ3n) is 4.08. The number of aliphatic carboxylic acids is 2. The first-order chi connectivity index (χ1) is 13.9. The van der Waals surface area contributed by atoms with Gasteiger partial charge in [0, 0.05) is 6.42 Å². The number of hydrogen-bond donors (Lipinski definition) is 7. The summed E-state index contributed by atoms with van der Waals surface area (Å²) in [7, 11) is 0. The number of rotatable bonds is 14. The fraction of sp³-hybridized carbons (Fsp3) is 0.706. The lowest BCUT2D eigenvalue weighted by atomic mass is 10.1. The Balaban J connectivity index is 5.36. The van der Waals surface area contributed by atoms with Gasteiger partial charge >= 0.3 is 11.9 Å². The summed E-state index contributed by atoms with van der Waals surface area (Å²) in [5.41, 5.74) is 5.53. The van der Waals surface area contributed by atoms with Gasteiger partial charge in [-0.3, -0.25) is 24.0 Å². The molecule has 0 aliphatic rings.